The highest BCUT2D eigenvalue weighted by molar-refractivity contribution is 5.77. The van der Waals surface area contributed by atoms with Crippen molar-refractivity contribution >= 4 is 17.5 Å². The number of nitrogens with zero attached hydrogens (tertiary/aromatic N) is 1. The molecule has 1 fully saturated rings. The molecule has 0 bridgehead atoms. The molecule has 2 aliphatic rings. The summed E-state index contributed by atoms with van der Waals surface area (Å²) in [6, 6.07) is 2.32. The summed E-state index contributed by atoms with van der Waals surface area (Å²) in [4.78, 5) is 13.7. The van der Waals surface area contributed by atoms with E-state index < -0.39 is 22.9 Å². The molecule has 0 atom stereocenters. The van der Waals surface area contributed by atoms with Crippen molar-refractivity contribution in [3.63, 3.8) is 0 Å². The first-order chi connectivity index (χ1) is 10.7. The number of piperidine rings is 1. The number of benzene rings is 1. The van der Waals surface area contributed by atoms with Crippen LogP contribution in [0.1, 0.15) is 33.6 Å². The Bertz CT molecular complexity index is 602. The average molecular weight is 325 g/mol. The number of hydrogen-bond donors (Lipinski definition) is 2. The normalized spacial score (nSPS) is 19.1. The van der Waals surface area contributed by atoms with Crippen molar-refractivity contribution < 1.29 is 18.3 Å². The van der Waals surface area contributed by atoms with E-state index in [4.69, 9.17) is 4.74 Å². The van der Waals surface area contributed by atoms with Crippen molar-refractivity contribution in [2.24, 2.45) is 0 Å². The number of rotatable bonds is 0. The highest BCUT2D eigenvalue weighted by Crippen LogP contribution is 2.40. The molecule has 0 aliphatic carbocycles. The van der Waals surface area contributed by atoms with Gasteiger partial charge in [0.15, 0.2) is 11.6 Å². The SMILES string of the molecule is CC(C)(C)OC(=O)N1CCC2(CC1)Nc1cc(F)c(F)cc1N2. The Morgan fingerprint density at radius 2 is 1.61 bits per heavy atom. The van der Waals surface area contributed by atoms with E-state index in [1.165, 1.54) is 0 Å². The zero-order chi connectivity index (χ0) is 16.8. The maximum Gasteiger partial charge on any atom is 0.410 e. The van der Waals surface area contributed by atoms with E-state index in [9.17, 15) is 13.6 Å². The van der Waals surface area contributed by atoms with Crippen molar-refractivity contribution in [2.45, 2.75) is 44.9 Å². The second-order valence-electron chi connectivity index (χ2n) is 7.11. The van der Waals surface area contributed by atoms with E-state index in [1.54, 1.807) is 4.90 Å². The van der Waals surface area contributed by atoms with Crippen molar-refractivity contribution in [3.8, 4) is 0 Å². The first-order valence-electron chi connectivity index (χ1n) is 7.71. The largest absolute Gasteiger partial charge is 0.444 e. The van der Waals surface area contributed by atoms with Crippen molar-refractivity contribution in [1.29, 1.82) is 0 Å². The van der Waals surface area contributed by atoms with Crippen LogP contribution >= 0.6 is 0 Å². The second kappa shape index (κ2) is 5.25. The summed E-state index contributed by atoms with van der Waals surface area (Å²) < 4.78 is 32.1. The third-order valence-corrected chi connectivity index (χ3v) is 4.08. The van der Waals surface area contributed by atoms with Crippen LogP contribution in [0.15, 0.2) is 12.1 Å². The first kappa shape index (κ1) is 15.8. The Hall–Kier alpha value is -2.05. The lowest BCUT2D eigenvalue weighted by Gasteiger charge is -2.40. The van der Waals surface area contributed by atoms with E-state index in [1.807, 2.05) is 20.8 Å². The first-order valence-corrected chi connectivity index (χ1v) is 7.71. The van der Waals surface area contributed by atoms with E-state index in [2.05, 4.69) is 10.6 Å². The fourth-order valence-electron chi connectivity index (χ4n) is 2.95. The molecule has 0 aromatic heterocycles. The van der Waals surface area contributed by atoms with Crippen LogP contribution in [0.25, 0.3) is 0 Å². The maximum absolute atomic E-state index is 13.3. The Morgan fingerprint density at radius 3 is 2.04 bits per heavy atom. The number of nitrogens with one attached hydrogen (secondary N) is 2. The Kier molecular flexibility index (Phi) is 3.61. The summed E-state index contributed by atoms with van der Waals surface area (Å²) in [5, 5.41) is 6.46. The van der Waals surface area contributed by atoms with Gasteiger partial charge in [0.1, 0.15) is 11.3 Å². The summed E-state index contributed by atoms with van der Waals surface area (Å²) in [6.07, 6.45) is 0.897. The summed E-state index contributed by atoms with van der Waals surface area (Å²) in [5.74, 6) is -1.75. The molecule has 23 heavy (non-hydrogen) atoms. The van der Waals surface area contributed by atoms with Gasteiger partial charge in [-0.1, -0.05) is 0 Å². The minimum atomic E-state index is -0.874. The minimum Gasteiger partial charge on any atom is -0.444 e. The quantitative estimate of drug-likeness (QED) is 0.766. The summed E-state index contributed by atoms with van der Waals surface area (Å²) in [5.41, 5.74) is 0.104. The van der Waals surface area contributed by atoms with Crippen LogP contribution in [0.3, 0.4) is 0 Å². The van der Waals surface area contributed by atoms with Crippen molar-refractivity contribution in [1.82, 2.24) is 4.90 Å². The summed E-state index contributed by atoms with van der Waals surface area (Å²) in [7, 11) is 0. The molecule has 2 aliphatic heterocycles. The van der Waals surface area contributed by atoms with Gasteiger partial charge in [0.2, 0.25) is 0 Å². The monoisotopic (exact) mass is 325 g/mol. The Morgan fingerprint density at radius 1 is 1.13 bits per heavy atom. The molecule has 126 valence electrons. The molecule has 1 aromatic rings. The molecule has 3 rings (SSSR count). The third-order valence-electron chi connectivity index (χ3n) is 4.08. The fraction of sp³-hybridized carbons (Fsp3) is 0.562. The van der Waals surface area contributed by atoms with E-state index in [0.29, 0.717) is 37.3 Å². The Labute approximate surface area is 134 Å². The van der Waals surface area contributed by atoms with Crippen LogP contribution in [0, 0.1) is 11.6 Å². The van der Waals surface area contributed by atoms with Crippen LogP contribution in [0.5, 0.6) is 0 Å². The summed E-state index contributed by atoms with van der Waals surface area (Å²) in [6.45, 7) is 6.50. The van der Waals surface area contributed by atoms with Gasteiger partial charge in [0.05, 0.1) is 11.4 Å². The lowest BCUT2D eigenvalue weighted by molar-refractivity contribution is 0.0188. The molecule has 2 N–H and O–H groups in total. The van der Waals surface area contributed by atoms with Gasteiger partial charge in [-0.05, 0) is 20.8 Å². The number of likely N-dealkylation sites (tertiary alicyclic amines) is 1. The van der Waals surface area contributed by atoms with Crippen LogP contribution in [-0.2, 0) is 4.74 Å². The predicted molar refractivity (Wildman–Crippen MR) is 83.4 cm³/mol. The summed E-state index contributed by atoms with van der Waals surface area (Å²) >= 11 is 0. The smallest absolute Gasteiger partial charge is 0.410 e. The standard InChI is InChI=1S/C16H21F2N3O2/c1-15(2,3)23-14(22)21-6-4-16(5-7-21)19-12-8-10(17)11(18)9-13(12)20-16/h8-9,19-20H,4-7H2,1-3H3. The fourth-order valence-corrected chi connectivity index (χ4v) is 2.95. The highest BCUT2D eigenvalue weighted by Gasteiger charge is 2.41. The maximum atomic E-state index is 13.3. The molecule has 1 saturated heterocycles. The zero-order valence-electron chi connectivity index (χ0n) is 13.5. The number of halogens is 2. The molecular weight excluding hydrogens is 304 g/mol. The molecule has 7 heteroatoms. The van der Waals surface area contributed by atoms with Gasteiger partial charge in [-0.2, -0.15) is 0 Å². The molecule has 0 saturated carbocycles. The van der Waals surface area contributed by atoms with Gasteiger partial charge in [0.25, 0.3) is 0 Å². The lowest BCUT2D eigenvalue weighted by Crippen LogP contribution is -2.53. The van der Waals surface area contributed by atoms with Crippen LogP contribution in [0.2, 0.25) is 0 Å². The molecule has 5 nitrogen and oxygen atoms in total. The molecule has 0 unspecified atom stereocenters. The average Bonchev–Trinajstić information content (AvgIpc) is 2.75. The molecule has 1 amide bonds. The third kappa shape index (κ3) is 3.18. The van der Waals surface area contributed by atoms with Gasteiger partial charge < -0.3 is 20.3 Å². The topological polar surface area (TPSA) is 53.6 Å². The predicted octanol–water partition coefficient (Wildman–Crippen LogP) is 3.53. The Balaban J connectivity index is 1.65. The number of amides is 1. The van der Waals surface area contributed by atoms with Gasteiger partial charge in [-0.15, -0.1) is 0 Å². The van der Waals surface area contributed by atoms with Crippen LogP contribution in [0.4, 0.5) is 25.0 Å². The molecule has 1 spiro atoms. The van der Waals surface area contributed by atoms with Crippen molar-refractivity contribution in [2.75, 3.05) is 23.7 Å². The molecular formula is C16H21F2N3O2. The van der Waals surface area contributed by atoms with Gasteiger partial charge in [-0.25, -0.2) is 13.6 Å². The number of hydrogen-bond acceptors (Lipinski definition) is 4. The zero-order valence-corrected chi connectivity index (χ0v) is 13.5. The molecule has 0 radical (unpaired) electrons. The minimum absolute atomic E-state index is 0.333. The molecule has 1 aromatic carbocycles. The van der Waals surface area contributed by atoms with E-state index >= 15 is 0 Å². The lowest BCUT2D eigenvalue weighted by atomic mass is 9.98. The molecule has 2 heterocycles. The number of anilines is 2. The number of ether oxygens (including phenoxy) is 1. The van der Waals surface area contributed by atoms with Crippen molar-refractivity contribution in [3.05, 3.63) is 23.8 Å². The van der Waals surface area contributed by atoms with Gasteiger partial charge in [-0.3, -0.25) is 0 Å². The van der Waals surface area contributed by atoms with E-state index in [0.717, 1.165) is 12.1 Å². The number of fused-ring (bicyclic) bond motifs is 1. The number of carbonyl (C=O) groups is 1. The van der Waals surface area contributed by atoms with Gasteiger partial charge in [0, 0.05) is 38.1 Å². The second-order valence-corrected chi connectivity index (χ2v) is 7.11. The van der Waals surface area contributed by atoms with Crippen LogP contribution in [-0.4, -0.2) is 35.3 Å². The van der Waals surface area contributed by atoms with Gasteiger partial charge >= 0.3 is 6.09 Å². The van der Waals surface area contributed by atoms with Crippen LogP contribution < -0.4 is 10.6 Å². The number of carbonyl (C=O) groups excluding carboxylic acids is 1. The van der Waals surface area contributed by atoms with E-state index in [-0.39, 0.29) is 6.09 Å². The highest BCUT2D eigenvalue weighted by atomic mass is 19.2.